The lowest BCUT2D eigenvalue weighted by Crippen LogP contribution is -2.37. The third kappa shape index (κ3) is 3.05. The molecule has 2 aromatic carbocycles. The number of carbonyl (C=O) groups is 4. The molecule has 2 heterocycles. The SMILES string of the molecule is Cc1ccc(NC(=O)CN2C(=O)c3ccccc3C2=O)cc1N1CCCC1=O. The Labute approximate surface area is 161 Å². The number of imide groups is 1. The molecule has 1 fully saturated rings. The van der Waals surface area contributed by atoms with E-state index in [1.807, 2.05) is 13.0 Å². The fourth-order valence-electron chi connectivity index (χ4n) is 3.61. The summed E-state index contributed by atoms with van der Waals surface area (Å²) in [5.74, 6) is -1.35. The largest absolute Gasteiger partial charge is 0.324 e. The molecule has 0 saturated carbocycles. The average molecular weight is 377 g/mol. The second-order valence-electron chi connectivity index (χ2n) is 6.94. The van der Waals surface area contributed by atoms with Gasteiger partial charge in [0.1, 0.15) is 6.54 Å². The number of amides is 4. The molecule has 2 aromatic rings. The Morgan fingerprint density at radius 2 is 1.71 bits per heavy atom. The first-order chi connectivity index (χ1) is 13.5. The highest BCUT2D eigenvalue weighted by Gasteiger charge is 2.36. The van der Waals surface area contributed by atoms with Gasteiger partial charge in [0.25, 0.3) is 11.8 Å². The van der Waals surface area contributed by atoms with Crippen LogP contribution >= 0.6 is 0 Å². The molecule has 0 atom stereocenters. The lowest BCUT2D eigenvalue weighted by Gasteiger charge is -2.20. The predicted molar refractivity (Wildman–Crippen MR) is 103 cm³/mol. The van der Waals surface area contributed by atoms with Crippen LogP contribution < -0.4 is 10.2 Å². The molecule has 0 bridgehead atoms. The van der Waals surface area contributed by atoms with Gasteiger partial charge in [-0.1, -0.05) is 18.2 Å². The molecular formula is C21H19N3O4. The van der Waals surface area contributed by atoms with Crippen molar-refractivity contribution < 1.29 is 19.2 Å². The van der Waals surface area contributed by atoms with Gasteiger partial charge in [-0.05, 0) is 43.2 Å². The summed E-state index contributed by atoms with van der Waals surface area (Å²) in [6.07, 6.45) is 1.34. The number of hydrogen-bond donors (Lipinski definition) is 1. The van der Waals surface area contributed by atoms with Gasteiger partial charge in [-0.25, -0.2) is 0 Å². The molecule has 0 radical (unpaired) electrons. The van der Waals surface area contributed by atoms with Crippen molar-refractivity contribution in [3.63, 3.8) is 0 Å². The monoisotopic (exact) mass is 377 g/mol. The van der Waals surface area contributed by atoms with E-state index in [1.165, 1.54) is 0 Å². The molecule has 0 aromatic heterocycles. The fraction of sp³-hybridized carbons (Fsp3) is 0.238. The van der Waals surface area contributed by atoms with E-state index in [1.54, 1.807) is 41.3 Å². The third-order valence-electron chi connectivity index (χ3n) is 5.04. The third-order valence-corrected chi connectivity index (χ3v) is 5.04. The van der Waals surface area contributed by atoms with Crippen molar-refractivity contribution in [1.29, 1.82) is 0 Å². The van der Waals surface area contributed by atoms with E-state index in [0.29, 0.717) is 29.8 Å². The predicted octanol–water partition coefficient (Wildman–Crippen LogP) is 2.36. The topological polar surface area (TPSA) is 86.8 Å². The Morgan fingerprint density at radius 3 is 2.32 bits per heavy atom. The highest BCUT2D eigenvalue weighted by atomic mass is 16.2. The number of benzene rings is 2. The highest BCUT2D eigenvalue weighted by Crippen LogP contribution is 2.28. The Kier molecular flexibility index (Phi) is 4.43. The van der Waals surface area contributed by atoms with Gasteiger partial charge in [-0.2, -0.15) is 0 Å². The van der Waals surface area contributed by atoms with Crippen molar-refractivity contribution in [3.8, 4) is 0 Å². The number of hydrogen-bond acceptors (Lipinski definition) is 4. The number of fused-ring (bicyclic) bond motifs is 1. The highest BCUT2D eigenvalue weighted by molar-refractivity contribution is 6.22. The molecule has 4 amide bonds. The van der Waals surface area contributed by atoms with Crippen molar-refractivity contribution in [2.24, 2.45) is 0 Å². The average Bonchev–Trinajstić information content (AvgIpc) is 3.21. The molecule has 1 saturated heterocycles. The summed E-state index contributed by atoms with van der Waals surface area (Å²) in [5.41, 5.74) is 2.84. The summed E-state index contributed by atoms with van der Waals surface area (Å²) in [6, 6.07) is 11.8. The Hall–Kier alpha value is -3.48. The molecule has 1 N–H and O–H groups in total. The van der Waals surface area contributed by atoms with Gasteiger partial charge >= 0.3 is 0 Å². The first-order valence-corrected chi connectivity index (χ1v) is 9.12. The standard InChI is InChI=1S/C21H19N3O4/c1-13-8-9-14(11-17(13)23-10-4-7-19(23)26)22-18(25)12-24-20(27)15-5-2-3-6-16(15)21(24)28/h2-3,5-6,8-9,11H,4,7,10,12H2,1H3,(H,22,25). The number of rotatable bonds is 4. The molecule has 7 nitrogen and oxygen atoms in total. The zero-order valence-electron chi connectivity index (χ0n) is 15.4. The summed E-state index contributed by atoms with van der Waals surface area (Å²) < 4.78 is 0. The molecule has 2 aliphatic rings. The van der Waals surface area contributed by atoms with E-state index < -0.39 is 17.7 Å². The molecule has 4 rings (SSSR count). The summed E-state index contributed by atoms with van der Waals surface area (Å²) >= 11 is 0. The fourth-order valence-corrected chi connectivity index (χ4v) is 3.61. The molecule has 0 unspecified atom stereocenters. The Bertz CT molecular complexity index is 979. The minimum absolute atomic E-state index is 0.0672. The van der Waals surface area contributed by atoms with Crippen LogP contribution in [0.5, 0.6) is 0 Å². The van der Waals surface area contributed by atoms with Gasteiger partial charge in [-0.15, -0.1) is 0 Å². The summed E-state index contributed by atoms with van der Waals surface area (Å²) in [7, 11) is 0. The lowest BCUT2D eigenvalue weighted by molar-refractivity contribution is -0.117. The maximum absolute atomic E-state index is 12.5. The molecule has 0 aliphatic carbocycles. The van der Waals surface area contributed by atoms with E-state index in [2.05, 4.69) is 5.32 Å². The first kappa shape index (κ1) is 17.9. The quantitative estimate of drug-likeness (QED) is 0.829. The van der Waals surface area contributed by atoms with E-state index in [-0.39, 0.29) is 12.5 Å². The van der Waals surface area contributed by atoms with Crippen LogP contribution in [-0.4, -0.2) is 41.6 Å². The maximum Gasteiger partial charge on any atom is 0.262 e. The van der Waals surface area contributed by atoms with Crippen molar-refractivity contribution >= 4 is 35.0 Å². The molecule has 7 heteroatoms. The normalized spacial score (nSPS) is 16.0. The molecule has 28 heavy (non-hydrogen) atoms. The number of aryl methyl sites for hydroxylation is 1. The van der Waals surface area contributed by atoms with Gasteiger partial charge in [0.05, 0.1) is 11.1 Å². The number of carbonyl (C=O) groups excluding carboxylic acids is 4. The number of anilines is 2. The van der Waals surface area contributed by atoms with Gasteiger partial charge in [0, 0.05) is 24.3 Å². The zero-order valence-corrected chi connectivity index (χ0v) is 15.4. The van der Waals surface area contributed by atoms with Gasteiger partial charge in [-0.3, -0.25) is 24.1 Å². The van der Waals surface area contributed by atoms with Crippen LogP contribution in [0.25, 0.3) is 0 Å². The Morgan fingerprint density at radius 1 is 1.04 bits per heavy atom. The van der Waals surface area contributed by atoms with E-state index in [4.69, 9.17) is 0 Å². The van der Waals surface area contributed by atoms with Crippen molar-refractivity contribution in [2.45, 2.75) is 19.8 Å². The van der Waals surface area contributed by atoms with E-state index >= 15 is 0 Å². The maximum atomic E-state index is 12.5. The minimum Gasteiger partial charge on any atom is -0.324 e. The molecule has 0 spiro atoms. The van der Waals surface area contributed by atoms with Crippen LogP contribution in [0.3, 0.4) is 0 Å². The van der Waals surface area contributed by atoms with Crippen molar-refractivity contribution in [2.75, 3.05) is 23.3 Å². The van der Waals surface area contributed by atoms with E-state index in [9.17, 15) is 19.2 Å². The van der Waals surface area contributed by atoms with Crippen LogP contribution in [0.1, 0.15) is 39.1 Å². The molecule has 142 valence electrons. The summed E-state index contributed by atoms with van der Waals surface area (Å²) in [6.45, 7) is 2.20. The second-order valence-corrected chi connectivity index (χ2v) is 6.94. The van der Waals surface area contributed by atoms with Gasteiger partial charge < -0.3 is 10.2 Å². The molecule has 2 aliphatic heterocycles. The minimum atomic E-state index is -0.475. The summed E-state index contributed by atoms with van der Waals surface area (Å²) in [4.78, 5) is 51.9. The van der Waals surface area contributed by atoms with E-state index in [0.717, 1.165) is 22.6 Å². The van der Waals surface area contributed by atoms with Crippen LogP contribution in [-0.2, 0) is 9.59 Å². The van der Waals surface area contributed by atoms with Gasteiger partial charge in [0.15, 0.2) is 0 Å². The smallest absolute Gasteiger partial charge is 0.262 e. The van der Waals surface area contributed by atoms with Crippen LogP contribution in [0.15, 0.2) is 42.5 Å². The van der Waals surface area contributed by atoms with Gasteiger partial charge in [0.2, 0.25) is 11.8 Å². The molecular weight excluding hydrogens is 358 g/mol. The lowest BCUT2D eigenvalue weighted by atomic mass is 10.1. The number of nitrogens with zero attached hydrogens (tertiary/aromatic N) is 2. The summed E-state index contributed by atoms with van der Waals surface area (Å²) in [5, 5.41) is 2.72. The van der Waals surface area contributed by atoms with Crippen molar-refractivity contribution in [3.05, 3.63) is 59.2 Å². The Balaban J connectivity index is 1.48. The van der Waals surface area contributed by atoms with Crippen LogP contribution in [0.2, 0.25) is 0 Å². The number of nitrogens with one attached hydrogen (secondary N) is 1. The first-order valence-electron chi connectivity index (χ1n) is 9.12. The second kappa shape index (κ2) is 6.92. The van der Waals surface area contributed by atoms with Crippen LogP contribution in [0.4, 0.5) is 11.4 Å². The van der Waals surface area contributed by atoms with Crippen molar-refractivity contribution in [1.82, 2.24) is 4.90 Å². The van der Waals surface area contributed by atoms with Crippen LogP contribution in [0, 0.1) is 6.92 Å². The zero-order chi connectivity index (χ0) is 19.8.